The van der Waals surface area contributed by atoms with Crippen LogP contribution in [-0.4, -0.2) is 27.9 Å². The first-order valence-corrected chi connectivity index (χ1v) is 5.08. The van der Waals surface area contributed by atoms with Gasteiger partial charge in [-0.3, -0.25) is 4.79 Å². The van der Waals surface area contributed by atoms with Crippen LogP contribution in [0.1, 0.15) is 5.69 Å². The van der Waals surface area contributed by atoms with E-state index in [9.17, 15) is 18.0 Å². The van der Waals surface area contributed by atoms with Crippen molar-refractivity contribution in [3.05, 3.63) is 34.5 Å². The quantitative estimate of drug-likeness (QED) is 0.833. The maximum atomic E-state index is 12.5. The molecule has 98 valence electrons. The van der Waals surface area contributed by atoms with Gasteiger partial charge in [-0.25, -0.2) is 4.52 Å². The topological polar surface area (TPSA) is 48.5 Å². The smallest absolute Gasteiger partial charge is 0.383 e. The van der Waals surface area contributed by atoms with Gasteiger partial charge in [0.1, 0.15) is 5.52 Å². The molecule has 0 radical (unpaired) electrons. The van der Waals surface area contributed by atoms with E-state index in [2.05, 4.69) is 5.10 Å². The van der Waals surface area contributed by atoms with Gasteiger partial charge in [0.15, 0.2) is 5.69 Å². The largest absolute Gasteiger partial charge is 0.435 e. The van der Waals surface area contributed by atoms with Crippen LogP contribution in [0, 0.1) is 0 Å². The van der Waals surface area contributed by atoms with E-state index in [4.69, 9.17) is 4.74 Å². The molecule has 0 aliphatic rings. The number of ether oxygens (including phenoxy) is 1. The Hall–Kier alpha value is -1.83. The van der Waals surface area contributed by atoms with Crippen LogP contribution in [0.15, 0.2) is 23.3 Å². The molecule has 5 nitrogen and oxygen atoms in total. The second-order valence-corrected chi connectivity index (χ2v) is 3.65. The first-order valence-electron chi connectivity index (χ1n) is 5.08. The number of methoxy groups -OCH3 is 1. The zero-order valence-electron chi connectivity index (χ0n) is 9.44. The van der Waals surface area contributed by atoms with E-state index >= 15 is 0 Å². The molecule has 0 amide bonds. The van der Waals surface area contributed by atoms with E-state index in [1.54, 1.807) is 0 Å². The molecule has 2 heterocycles. The second kappa shape index (κ2) is 4.45. The summed E-state index contributed by atoms with van der Waals surface area (Å²) in [4.78, 5) is 11.9. The van der Waals surface area contributed by atoms with Crippen molar-refractivity contribution in [2.75, 3.05) is 13.7 Å². The minimum atomic E-state index is -4.56. The molecule has 0 N–H and O–H groups in total. The van der Waals surface area contributed by atoms with Crippen molar-refractivity contribution in [2.24, 2.45) is 0 Å². The van der Waals surface area contributed by atoms with Gasteiger partial charge in [-0.2, -0.15) is 18.3 Å². The maximum absolute atomic E-state index is 12.5. The maximum Gasteiger partial charge on any atom is 0.435 e. The fourth-order valence-electron chi connectivity index (χ4n) is 1.53. The highest BCUT2D eigenvalue weighted by Gasteiger charge is 2.34. The summed E-state index contributed by atoms with van der Waals surface area (Å²) in [5.74, 6) is 0. The van der Waals surface area contributed by atoms with Crippen LogP contribution in [0.25, 0.3) is 5.52 Å². The van der Waals surface area contributed by atoms with Crippen molar-refractivity contribution in [2.45, 2.75) is 12.7 Å². The Morgan fingerprint density at radius 1 is 1.39 bits per heavy atom. The summed E-state index contributed by atoms with van der Waals surface area (Å²) in [6.07, 6.45) is -1.88. The Morgan fingerprint density at radius 2 is 2.11 bits per heavy atom. The second-order valence-electron chi connectivity index (χ2n) is 3.65. The zero-order valence-corrected chi connectivity index (χ0v) is 9.44. The molecule has 2 aromatic rings. The molecule has 0 fully saturated rings. The van der Waals surface area contributed by atoms with Crippen LogP contribution >= 0.6 is 0 Å². The van der Waals surface area contributed by atoms with Gasteiger partial charge in [0.2, 0.25) is 0 Å². The van der Waals surface area contributed by atoms with E-state index in [0.29, 0.717) is 6.61 Å². The van der Waals surface area contributed by atoms with E-state index in [1.807, 2.05) is 0 Å². The normalized spacial score (nSPS) is 12.2. The summed E-state index contributed by atoms with van der Waals surface area (Å²) in [5.41, 5.74) is -1.72. The predicted octanol–water partition coefficient (Wildman–Crippen LogP) is 1.16. The molecule has 0 saturated heterocycles. The summed E-state index contributed by atoms with van der Waals surface area (Å²) in [6.45, 7) is 0.578. The SMILES string of the molecule is COCCn1ccn2nc(C(F)(F)F)cc2c1=O. The molecule has 0 spiro atoms. The molecular weight excluding hydrogens is 251 g/mol. The van der Waals surface area contributed by atoms with Crippen molar-refractivity contribution in [1.29, 1.82) is 0 Å². The van der Waals surface area contributed by atoms with Crippen molar-refractivity contribution in [3.8, 4) is 0 Å². The minimum absolute atomic E-state index is 0.110. The van der Waals surface area contributed by atoms with Gasteiger partial charge in [0.05, 0.1) is 6.61 Å². The van der Waals surface area contributed by atoms with Crippen LogP contribution in [0.2, 0.25) is 0 Å². The Morgan fingerprint density at radius 3 is 2.72 bits per heavy atom. The highest BCUT2D eigenvalue weighted by atomic mass is 19.4. The van der Waals surface area contributed by atoms with E-state index < -0.39 is 17.4 Å². The predicted molar refractivity (Wildman–Crippen MR) is 56.3 cm³/mol. The Bertz CT molecular complexity index is 615. The van der Waals surface area contributed by atoms with Crippen LogP contribution in [0.4, 0.5) is 13.2 Å². The lowest BCUT2D eigenvalue weighted by molar-refractivity contribution is -0.141. The molecule has 0 saturated carbocycles. The summed E-state index contributed by atoms with van der Waals surface area (Å²) < 4.78 is 44.4. The fourth-order valence-corrected chi connectivity index (χ4v) is 1.53. The number of halogens is 3. The van der Waals surface area contributed by atoms with Crippen molar-refractivity contribution < 1.29 is 17.9 Å². The monoisotopic (exact) mass is 261 g/mol. The number of alkyl halides is 3. The number of hydrogen-bond acceptors (Lipinski definition) is 3. The molecule has 0 aromatic carbocycles. The van der Waals surface area contributed by atoms with Gasteiger partial charge in [0, 0.05) is 32.1 Å². The number of rotatable bonds is 3. The van der Waals surface area contributed by atoms with Crippen LogP contribution in [0.3, 0.4) is 0 Å². The minimum Gasteiger partial charge on any atom is -0.383 e. The third-order valence-electron chi connectivity index (χ3n) is 2.43. The van der Waals surface area contributed by atoms with E-state index in [-0.39, 0.29) is 12.1 Å². The molecule has 0 bridgehead atoms. The third-order valence-corrected chi connectivity index (χ3v) is 2.43. The van der Waals surface area contributed by atoms with Crippen LogP contribution in [0.5, 0.6) is 0 Å². The molecule has 2 aromatic heterocycles. The van der Waals surface area contributed by atoms with Crippen LogP contribution in [-0.2, 0) is 17.5 Å². The first-order chi connectivity index (χ1) is 8.43. The van der Waals surface area contributed by atoms with Crippen LogP contribution < -0.4 is 5.56 Å². The van der Waals surface area contributed by atoms with Crippen molar-refractivity contribution >= 4 is 5.52 Å². The van der Waals surface area contributed by atoms with Gasteiger partial charge >= 0.3 is 6.18 Å². The first kappa shape index (κ1) is 12.6. The molecule has 0 aliphatic carbocycles. The fraction of sp³-hybridized carbons (Fsp3) is 0.400. The Balaban J connectivity index is 2.51. The summed E-state index contributed by atoms with van der Waals surface area (Å²) in [6, 6.07) is 0.742. The van der Waals surface area contributed by atoms with Gasteiger partial charge in [-0.15, -0.1) is 0 Å². The highest BCUT2D eigenvalue weighted by molar-refractivity contribution is 5.45. The van der Waals surface area contributed by atoms with Gasteiger partial charge in [-0.05, 0) is 0 Å². The zero-order chi connectivity index (χ0) is 13.3. The average molecular weight is 261 g/mol. The molecule has 0 aliphatic heterocycles. The lowest BCUT2D eigenvalue weighted by Crippen LogP contribution is -2.23. The molecule has 0 unspecified atom stereocenters. The molecule has 8 heteroatoms. The number of hydrogen-bond donors (Lipinski definition) is 0. The lowest BCUT2D eigenvalue weighted by Gasteiger charge is -2.04. The van der Waals surface area contributed by atoms with Gasteiger partial charge in [0.25, 0.3) is 5.56 Å². The van der Waals surface area contributed by atoms with Gasteiger partial charge in [-0.1, -0.05) is 0 Å². The number of aromatic nitrogens is 3. The van der Waals surface area contributed by atoms with E-state index in [0.717, 1.165) is 10.6 Å². The highest BCUT2D eigenvalue weighted by Crippen LogP contribution is 2.27. The molecule has 2 rings (SSSR count). The number of nitrogens with zero attached hydrogens (tertiary/aromatic N) is 3. The summed E-state index contributed by atoms with van der Waals surface area (Å²) >= 11 is 0. The van der Waals surface area contributed by atoms with Gasteiger partial charge < -0.3 is 9.30 Å². The van der Waals surface area contributed by atoms with Crippen molar-refractivity contribution in [3.63, 3.8) is 0 Å². The lowest BCUT2D eigenvalue weighted by atomic mass is 10.4. The average Bonchev–Trinajstić information content (AvgIpc) is 2.73. The summed E-state index contributed by atoms with van der Waals surface area (Å²) in [5, 5.41) is 3.31. The number of fused-ring (bicyclic) bond motifs is 1. The third kappa shape index (κ3) is 2.23. The summed E-state index contributed by atoms with van der Waals surface area (Å²) in [7, 11) is 1.48. The molecule has 0 atom stereocenters. The molecule has 18 heavy (non-hydrogen) atoms. The van der Waals surface area contributed by atoms with E-state index in [1.165, 1.54) is 24.1 Å². The van der Waals surface area contributed by atoms with Crippen molar-refractivity contribution in [1.82, 2.24) is 14.2 Å². The Kier molecular flexibility index (Phi) is 3.12. The molecular formula is C10H10F3N3O2. The standard InChI is InChI=1S/C10H10F3N3O2/c1-18-5-4-15-2-3-16-7(9(15)17)6-8(14-16)10(11,12)13/h2-3,6H,4-5H2,1H3. The Labute approximate surface area is 99.4 Å².